The Hall–Kier alpha value is -1.65. The van der Waals surface area contributed by atoms with E-state index in [9.17, 15) is 4.79 Å². The second-order valence-electron chi connectivity index (χ2n) is 5.52. The molecule has 0 unspecified atom stereocenters. The van der Waals surface area contributed by atoms with Gasteiger partial charge in [0, 0.05) is 5.69 Å². The number of amides is 1. The zero-order chi connectivity index (χ0) is 14.5. The Balaban J connectivity index is 1.66. The molecular weight excluding hydrogens is 280 g/mol. The summed E-state index contributed by atoms with van der Waals surface area (Å²) in [6, 6.07) is 12.0. The minimum atomic E-state index is 0.132. The van der Waals surface area contributed by atoms with E-state index < -0.39 is 0 Å². The number of carbonyl (C=O) groups is 1. The third-order valence-electron chi connectivity index (χ3n) is 3.70. The molecule has 0 saturated heterocycles. The molecule has 4 heteroatoms. The van der Waals surface area contributed by atoms with Crippen LogP contribution in [0.1, 0.15) is 18.4 Å². The van der Waals surface area contributed by atoms with Gasteiger partial charge in [-0.15, -0.1) is 0 Å². The monoisotopic (exact) mass is 300 g/mol. The fraction of sp³-hybridized carbons (Fsp3) is 0.353. The molecule has 1 aliphatic rings. The van der Waals surface area contributed by atoms with Gasteiger partial charge in [0.25, 0.3) is 0 Å². The van der Waals surface area contributed by atoms with Crippen LogP contribution in [0.25, 0.3) is 0 Å². The van der Waals surface area contributed by atoms with Crippen molar-refractivity contribution in [1.29, 1.82) is 0 Å². The van der Waals surface area contributed by atoms with Crippen molar-refractivity contribution >= 4 is 22.9 Å². The van der Waals surface area contributed by atoms with E-state index in [0.717, 1.165) is 18.2 Å². The molecule has 21 heavy (non-hydrogen) atoms. The summed E-state index contributed by atoms with van der Waals surface area (Å²) >= 11 is 1.66. The lowest BCUT2D eigenvalue weighted by atomic mass is 10.2. The molecule has 0 aliphatic heterocycles. The average Bonchev–Trinajstić information content (AvgIpc) is 3.19. The van der Waals surface area contributed by atoms with Gasteiger partial charge in [0.15, 0.2) is 0 Å². The van der Waals surface area contributed by atoms with E-state index in [-0.39, 0.29) is 5.91 Å². The molecule has 1 N–H and O–H groups in total. The number of hydrogen-bond acceptors (Lipinski definition) is 3. The van der Waals surface area contributed by atoms with E-state index >= 15 is 0 Å². The maximum atomic E-state index is 12.5. The molecule has 1 amide bonds. The van der Waals surface area contributed by atoms with Crippen LogP contribution in [0.4, 0.5) is 5.69 Å². The average molecular weight is 300 g/mol. The summed E-state index contributed by atoms with van der Waals surface area (Å²) in [5.74, 6) is 0.924. The van der Waals surface area contributed by atoms with Gasteiger partial charge in [-0.3, -0.25) is 4.79 Å². The Morgan fingerprint density at radius 1 is 1.24 bits per heavy atom. The first-order chi connectivity index (χ1) is 10.3. The smallest absolute Gasteiger partial charge is 0.241 e. The van der Waals surface area contributed by atoms with Crippen molar-refractivity contribution in [1.82, 2.24) is 5.32 Å². The van der Waals surface area contributed by atoms with E-state index in [2.05, 4.69) is 16.8 Å². The Morgan fingerprint density at radius 2 is 2.05 bits per heavy atom. The predicted molar refractivity (Wildman–Crippen MR) is 87.5 cm³/mol. The topological polar surface area (TPSA) is 32.3 Å². The summed E-state index contributed by atoms with van der Waals surface area (Å²) in [6.07, 6.45) is 2.61. The summed E-state index contributed by atoms with van der Waals surface area (Å²) < 4.78 is 0. The number of carbonyl (C=O) groups excluding carboxylic acids is 1. The highest BCUT2D eigenvalue weighted by atomic mass is 32.1. The van der Waals surface area contributed by atoms with Gasteiger partial charge in [0.1, 0.15) is 0 Å². The highest BCUT2D eigenvalue weighted by Crippen LogP contribution is 2.27. The van der Waals surface area contributed by atoms with Gasteiger partial charge in [-0.05, 0) is 59.8 Å². The molecule has 0 atom stereocenters. The van der Waals surface area contributed by atoms with Gasteiger partial charge in [-0.2, -0.15) is 11.3 Å². The number of para-hydroxylation sites is 1. The van der Waals surface area contributed by atoms with Crippen molar-refractivity contribution in [3.63, 3.8) is 0 Å². The standard InChI is InChI=1S/C17H20N2OS/c20-17(11-18-10-14-6-7-14)19(12-15-8-9-21-13-15)16-4-2-1-3-5-16/h1-5,8-9,13-14,18H,6-7,10-12H2. The Labute approximate surface area is 129 Å². The van der Waals surface area contributed by atoms with Crippen molar-refractivity contribution in [2.24, 2.45) is 5.92 Å². The van der Waals surface area contributed by atoms with Crippen molar-refractivity contribution in [3.05, 3.63) is 52.7 Å². The maximum absolute atomic E-state index is 12.5. The molecule has 1 aliphatic carbocycles. The summed E-state index contributed by atoms with van der Waals surface area (Å²) in [7, 11) is 0. The van der Waals surface area contributed by atoms with Crippen LogP contribution in [0, 0.1) is 5.92 Å². The molecule has 0 spiro atoms. The van der Waals surface area contributed by atoms with Crippen LogP contribution in [0.2, 0.25) is 0 Å². The largest absolute Gasteiger partial charge is 0.308 e. The Morgan fingerprint density at radius 3 is 2.71 bits per heavy atom. The fourth-order valence-corrected chi connectivity index (χ4v) is 2.96. The highest BCUT2D eigenvalue weighted by molar-refractivity contribution is 7.07. The lowest BCUT2D eigenvalue weighted by Crippen LogP contribution is -2.38. The van der Waals surface area contributed by atoms with Gasteiger partial charge < -0.3 is 10.2 Å². The van der Waals surface area contributed by atoms with Gasteiger partial charge in [-0.1, -0.05) is 18.2 Å². The summed E-state index contributed by atoms with van der Waals surface area (Å²) in [6.45, 7) is 2.01. The molecule has 2 aromatic rings. The molecule has 1 heterocycles. The van der Waals surface area contributed by atoms with Crippen LogP contribution in [-0.2, 0) is 11.3 Å². The minimum Gasteiger partial charge on any atom is -0.308 e. The normalized spacial score (nSPS) is 14.1. The summed E-state index contributed by atoms with van der Waals surface area (Å²) in [5, 5.41) is 7.44. The first kappa shape index (κ1) is 14.3. The molecule has 1 saturated carbocycles. The van der Waals surface area contributed by atoms with Crippen molar-refractivity contribution in [3.8, 4) is 0 Å². The second kappa shape index (κ2) is 6.87. The van der Waals surface area contributed by atoms with Crippen LogP contribution in [-0.4, -0.2) is 19.0 Å². The number of anilines is 1. The van der Waals surface area contributed by atoms with E-state index in [0.29, 0.717) is 13.1 Å². The van der Waals surface area contributed by atoms with Gasteiger partial charge in [0.05, 0.1) is 13.1 Å². The molecule has 110 valence electrons. The molecule has 3 nitrogen and oxygen atoms in total. The minimum absolute atomic E-state index is 0.132. The van der Waals surface area contributed by atoms with Crippen molar-refractivity contribution < 1.29 is 4.79 Å². The van der Waals surface area contributed by atoms with E-state index in [1.54, 1.807) is 11.3 Å². The molecular formula is C17H20N2OS. The highest BCUT2D eigenvalue weighted by Gasteiger charge is 2.22. The number of nitrogens with zero attached hydrogens (tertiary/aromatic N) is 1. The number of rotatable bonds is 7. The summed E-state index contributed by atoms with van der Waals surface area (Å²) in [4.78, 5) is 14.4. The van der Waals surface area contributed by atoms with E-state index in [1.165, 1.54) is 18.4 Å². The van der Waals surface area contributed by atoms with Gasteiger partial charge in [0.2, 0.25) is 5.91 Å². The van der Waals surface area contributed by atoms with Gasteiger partial charge in [-0.25, -0.2) is 0 Å². The molecule has 0 radical (unpaired) electrons. The van der Waals surface area contributed by atoms with E-state index in [4.69, 9.17) is 0 Å². The zero-order valence-corrected chi connectivity index (χ0v) is 12.8. The Bertz CT molecular complexity index is 564. The molecule has 0 bridgehead atoms. The van der Waals surface area contributed by atoms with Crippen LogP contribution in [0.3, 0.4) is 0 Å². The Kier molecular flexibility index (Phi) is 4.68. The second-order valence-corrected chi connectivity index (χ2v) is 6.30. The van der Waals surface area contributed by atoms with Crippen LogP contribution in [0.15, 0.2) is 47.2 Å². The molecule has 1 aromatic carbocycles. The molecule has 1 aromatic heterocycles. The van der Waals surface area contributed by atoms with Crippen molar-refractivity contribution in [2.75, 3.05) is 18.0 Å². The SMILES string of the molecule is O=C(CNCC1CC1)N(Cc1ccsc1)c1ccccc1. The van der Waals surface area contributed by atoms with Crippen molar-refractivity contribution in [2.45, 2.75) is 19.4 Å². The number of thiophene rings is 1. The maximum Gasteiger partial charge on any atom is 0.241 e. The predicted octanol–water partition coefficient (Wildman–Crippen LogP) is 3.28. The first-order valence-electron chi connectivity index (χ1n) is 7.40. The quantitative estimate of drug-likeness (QED) is 0.851. The summed E-state index contributed by atoms with van der Waals surface area (Å²) in [5.41, 5.74) is 2.14. The first-order valence-corrected chi connectivity index (χ1v) is 8.34. The van der Waals surface area contributed by atoms with Crippen LogP contribution >= 0.6 is 11.3 Å². The lowest BCUT2D eigenvalue weighted by Gasteiger charge is -2.22. The number of benzene rings is 1. The fourth-order valence-electron chi connectivity index (χ4n) is 2.30. The number of nitrogens with one attached hydrogen (secondary N) is 1. The molecule has 1 fully saturated rings. The van der Waals surface area contributed by atoms with Crippen LogP contribution in [0.5, 0.6) is 0 Å². The zero-order valence-electron chi connectivity index (χ0n) is 12.0. The van der Waals surface area contributed by atoms with Crippen LogP contribution < -0.4 is 10.2 Å². The third-order valence-corrected chi connectivity index (χ3v) is 4.43. The van der Waals surface area contributed by atoms with E-state index in [1.807, 2.05) is 40.6 Å². The number of hydrogen-bond donors (Lipinski definition) is 1. The van der Waals surface area contributed by atoms with Gasteiger partial charge >= 0.3 is 0 Å². The lowest BCUT2D eigenvalue weighted by molar-refractivity contribution is -0.117. The third kappa shape index (κ3) is 4.16. The molecule has 3 rings (SSSR count).